The minimum atomic E-state index is 0.284. The first-order chi connectivity index (χ1) is 19.6. The van der Waals surface area contributed by atoms with Gasteiger partial charge in [-0.05, 0) is 97.9 Å². The van der Waals surface area contributed by atoms with E-state index >= 15 is 0 Å². The molecule has 8 heteroatoms. The Morgan fingerprint density at radius 1 is 0.900 bits per heavy atom. The smallest absolute Gasteiger partial charge is 0.248 e. The number of nitrogen functional groups attached to an aromatic ring is 1. The van der Waals surface area contributed by atoms with Crippen LogP contribution in [0.1, 0.15) is 68.2 Å². The summed E-state index contributed by atoms with van der Waals surface area (Å²) in [7, 11) is 0. The summed E-state index contributed by atoms with van der Waals surface area (Å²) in [5, 5.41) is 21.0. The average Bonchev–Trinajstić information content (AvgIpc) is 3.12. The Morgan fingerprint density at radius 2 is 1.70 bits per heavy atom. The normalized spacial score (nSPS) is 16.5. The number of fused-ring (bicyclic) bond motifs is 4. The molecule has 40 heavy (non-hydrogen) atoms. The van der Waals surface area contributed by atoms with Gasteiger partial charge in [0.15, 0.2) is 5.82 Å². The lowest BCUT2D eigenvalue weighted by Gasteiger charge is -2.20. The molecule has 0 unspecified atom stereocenters. The third kappa shape index (κ3) is 5.59. The predicted octanol–water partition coefficient (Wildman–Crippen LogP) is 5.81. The van der Waals surface area contributed by atoms with Crippen molar-refractivity contribution in [3.63, 3.8) is 0 Å². The number of nitrogens with one attached hydrogen (secondary N) is 2. The van der Waals surface area contributed by atoms with Gasteiger partial charge >= 0.3 is 0 Å². The molecule has 1 atom stereocenters. The molecule has 0 fully saturated rings. The standard InChI is InChI=1S/C32H40N8/c1-3-21(4-2)20-34-26-15-12-22-13-17-27(18-24(22)14-16-26)35-32-36-31(33)40(39-32)29-19-25-10-7-9-23-8-5-6-11-28(23)30(25)38-37-29/h5-6,8,11,13,17-19,21,26,34H,3-4,7,9-10,12,14-16,20H2,1-2H3,(H3,33,35,36,39)/t26-/m1/s1. The fourth-order valence-electron chi connectivity index (χ4n) is 6.15. The van der Waals surface area contributed by atoms with Crippen molar-refractivity contribution in [2.24, 2.45) is 5.92 Å². The Labute approximate surface area is 236 Å². The highest BCUT2D eigenvalue weighted by Gasteiger charge is 2.20. The molecular weight excluding hydrogens is 496 g/mol. The molecule has 2 aromatic carbocycles. The fourth-order valence-corrected chi connectivity index (χ4v) is 6.15. The van der Waals surface area contributed by atoms with Gasteiger partial charge in [0.1, 0.15) is 0 Å². The number of aryl methyl sites for hydroxylation is 4. The monoisotopic (exact) mass is 536 g/mol. The maximum absolute atomic E-state index is 6.30. The quantitative estimate of drug-likeness (QED) is 0.244. The highest BCUT2D eigenvalue weighted by Crippen LogP contribution is 2.31. The Hall–Kier alpha value is -3.78. The van der Waals surface area contributed by atoms with E-state index in [1.54, 1.807) is 4.68 Å². The zero-order valence-corrected chi connectivity index (χ0v) is 23.7. The molecule has 2 aliphatic carbocycles. The van der Waals surface area contributed by atoms with E-state index < -0.39 is 0 Å². The number of nitrogens with two attached hydrogens (primary N) is 1. The number of benzene rings is 2. The first-order valence-corrected chi connectivity index (χ1v) is 14.9. The minimum Gasteiger partial charge on any atom is -0.368 e. The lowest BCUT2D eigenvalue weighted by molar-refractivity contribution is 0.386. The molecule has 8 nitrogen and oxygen atoms in total. The molecular formula is C32H40N8. The van der Waals surface area contributed by atoms with Crippen LogP contribution in [0.3, 0.4) is 0 Å². The van der Waals surface area contributed by atoms with Gasteiger partial charge in [0.05, 0.1) is 5.69 Å². The topological polar surface area (TPSA) is 107 Å². The summed E-state index contributed by atoms with van der Waals surface area (Å²) in [6, 6.07) is 17.7. The van der Waals surface area contributed by atoms with E-state index in [1.807, 2.05) is 0 Å². The summed E-state index contributed by atoms with van der Waals surface area (Å²) >= 11 is 0. The van der Waals surface area contributed by atoms with Crippen LogP contribution in [0.15, 0.2) is 48.5 Å². The van der Waals surface area contributed by atoms with Crippen molar-refractivity contribution in [1.82, 2.24) is 30.3 Å². The van der Waals surface area contributed by atoms with Crippen LogP contribution in [-0.2, 0) is 25.7 Å². The zero-order valence-electron chi connectivity index (χ0n) is 23.7. The summed E-state index contributed by atoms with van der Waals surface area (Å²) in [5.41, 5.74) is 14.7. The number of anilines is 3. The van der Waals surface area contributed by atoms with Crippen LogP contribution < -0.4 is 16.4 Å². The zero-order chi connectivity index (χ0) is 27.5. The summed E-state index contributed by atoms with van der Waals surface area (Å²) in [6.45, 7) is 5.71. The number of nitrogens with zero attached hydrogens (tertiary/aromatic N) is 5. The van der Waals surface area contributed by atoms with Crippen LogP contribution in [0.5, 0.6) is 0 Å². The lowest BCUT2D eigenvalue weighted by Crippen LogP contribution is -2.33. The molecule has 2 aliphatic rings. The third-order valence-corrected chi connectivity index (χ3v) is 8.71. The Balaban J connectivity index is 1.16. The molecule has 0 aliphatic heterocycles. The number of rotatable bonds is 8. The van der Waals surface area contributed by atoms with Gasteiger partial charge in [-0.15, -0.1) is 15.3 Å². The van der Waals surface area contributed by atoms with Crippen molar-refractivity contribution in [1.29, 1.82) is 0 Å². The van der Waals surface area contributed by atoms with E-state index in [2.05, 4.69) is 93.3 Å². The van der Waals surface area contributed by atoms with Gasteiger partial charge in [-0.1, -0.05) is 57.0 Å². The van der Waals surface area contributed by atoms with Crippen molar-refractivity contribution in [2.45, 2.75) is 77.7 Å². The molecule has 2 aromatic heterocycles. The predicted molar refractivity (Wildman–Crippen MR) is 161 cm³/mol. The van der Waals surface area contributed by atoms with Gasteiger partial charge in [-0.2, -0.15) is 9.67 Å². The van der Waals surface area contributed by atoms with Crippen LogP contribution in [0.25, 0.3) is 17.1 Å². The van der Waals surface area contributed by atoms with E-state index in [4.69, 9.17) is 5.73 Å². The van der Waals surface area contributed by atoms with E-state index in [-0.39, 0.29) is 5.95 Å². The molecule has 208 valence electrons. The summed E-state index contributed by atoms with van der Waals surface area (Å²) in [6.07, 6.45) is 10.1. The van der Waals surface area contributed by atoms with Gasteiger partial charge in [0.25, 0.3) is 0 Å². The summed E-state index contributed by atoms with van der Waals surface area (Å²) in [4.78, 5) is 4.49. The van der Waals surface area contributed by atoms with Gasteiger partial charge in [-0.3, -0.25) is 0 Å². The van der Waals surface area contributed by atoms with Crippen LogP contribution in [0.2, 0.25) is 0 Å². The Bertz CT molecular complexity index is 1470. The maximum atomic E-state index is 6.30. The molecule has 6 rings (SSSR count). The Kier molecular flexibility index (Phi) is 7.77. The molecule has 4 N–H and O–H groups in total. The SMILES string of the molecule is CCC(CC)CN[C@@H]1CCc2ccc(Nc3nc(N)n(-c4cc5c(nn4)-c4ccccc4CCC5)n3)cc2CC1. The second-order valence-corrected chi connectivity index (χ2v) is 11.3. The van der Waals surface area contributed by atoms with Gasteiger partial charge in [-0.25, -0.2) is 0 Å². The largest absolute Gasteiger partial charge is 0.368 e. The van der Waals surface area contributed by atoms with Crippen molar-refractivity contribution < 1.29 is 0 Å². The van der Waals surface area contributed by atoms with E-state index in [0.29, 0.717) is 17.8 Å². The highest BCUT2D eigenvalue weighted by atomic mass is 15.4. The van der Waals surface area contributed by atoms with Gasteiger partial charge in [0, 0.05) is 17.3 Å². The van der Waals surface area contributed by atoms with Crippen LogP contribution in [0.4, 0.5) is 17.6 Å². The van der Waals surface area contributed by atoms with Crippen LogP contribution in [-0.4, -0.2) is 37.5 Å². The second kappa shape index (κ2) is 11.8. The van der Waals surface area contributed by atoms with Gasteiger partial charge in [0.2, 0.25) is 11.9 Å². The number of aromatic nitrogens is 5. The molecule has 0 radical (unpaired) electrons. The first kappa shape index (κ1) is 26.4. The summed E-state index contributed by atoms with van der Waals surface area (Å²) in [5.74, 6) is 2.10. The van der Waals surface area contributed by atoms with E-state index in [0.717, 1.165) is 67.9 Å². The highest BCUT2D eigenvalue weighted by molar-refractivity contribution is 5.68. The van der Waals surface area contributed by atoms with Crippen LogP contribution in [0, 0.1) is 5.92 Å². The molecule has 0 amide bonds. The number of hydrogen-bond acceptors (Lipinski definition) is 7. The van der Waals surface area contributed by atoms with Crippen molar-refractivity contribution in [3.8, 4) is 17.1 Å². The number of hydrogen-bond donors (Lipinski definition) is 3. The summed E-state index contributed by atoms with van der Waals surface area (Å²) < 4.78 is 1.58. The molecule has 2 heterocycles. The van der Waals surface area contributed by atoms with Crippen molar-refractivity contribution >= 4 is 17.6 Å². The van der Waals surface area contributed by atoms with Gasteiger partial charge < -0.3 is 16.4 Å². The second-order valence-electron chi connectivity index (χ2n) is 11.3. The van der Waals surface area contributed by atoms with E-state index in [9.17, 15) is 0 Å². The molecule has 0 saturated carbocycles. The van der Waals surface area contributed by atoms with Crippen LogP contribution >= 0.6 is 0 Å². The molecule has 0 bridgehead atoms. The molecule has 4 aromatic rings. The van der Waals surface area contributed by atoms with Crippen molar-refractivity contribution in [2.75, 3.05) is 17.6 Å². The van der Waals surface area contributed by atoms with E-state index in [1.165, 1.54) is 41.5 Å². The minimum absolute atomic E-state index is 0.284. The average molecular weight is 537 g/mol. The third-order valence-electron chi connectivity index (χ3n) is 8.71. The maximum Gasteiger partial charge on any atom is 0.248 e. The Morgan fingerprint density at radius 3 is 2.55 bits per heavy atom. The van der Waals surface area contributed by atoms with Crippen molar-refractivity contribution in [3.05, 3.63) is 70.8 Å². The fraction of sp³-hybridized carbons (Fsp3) is 0.438. The molecule has 0 spiro atoms. The molecule has 0 saturated heterocycles. The first-order valence-electron chi connectivity index (χ1n) is 14.9. The lowest BCUT2D eigenvalue weighted by atomic mass is 10.0.